The van der Waals surface area contributed by atoms with Crippen molar-refractivity contribution in [2.75, 3.05) is 13.7 Å². The second kappa shape index (κ2) is 7.43. The van der Waals surface area contributed by atoms with Gasteiger partial charge in [0.2, 0.25) is 0 Å². The van der Waals surface area contributed by atoms with Crippen molar-refractivity contribution in [3.8, 4) is 10.7 Å². The fourth-order valence-corrected chi connectivity index (χ4v) is 3.99. The lowest BCUT2D eigenvalue weighted by molar-refractivity contribution is 0.0968. The highest BCUT2D eigenvalue weighted by Gasteiger charge is 2.22. The van der Waals surface area contributed by atoms with Crippen LogP contribution in [-0.4, -0.2) is 33.8 Å². The number of aromatic nitrogens is 3. The normalized spacial score (nSPS) is 12.5. The van der Waals surface area contributed by atoms with Gasteiger partial charge >= 0.3 is 5.76 Å². The van der Waals surface area contributed by atoms with Crippen molar-refractivity contribution in [3.05, 3.63) is 51.1 Å². The number of ether oxygens (including phenoxy) is 1. The Balaban J connectivity index is 1.92. The van der Waals surface area contributed by atoms with E-state index >= 15 is 0 Å². The molecule has 0 bridgehead atoms. The van der Waals surface area contributed by atoms with Crippen LogP contribution in [0.2, 0.25) is 0 Å². The highest BCUT2D eigenvalue weighted by atomic mass is 32.1. The van der Waals surface area contributed by atoms with E-state index in [2.05, 4.69) is 9.72 Å². The molecule has 7 nitrogen and oxygen atoms in total. The highest BCUT2D eigenvalue weighted by Crippen LogP contribution is 2.24. The Morgan fingerprint density at radius 3 is 2.85 bits per heavy atom. The molecule has 3 aromatic heterocycles. The van der Waals surface area contributed by atoms with Gasteiger partial charge in [-0.3, -0.25) is 9.32 Å². The average molecular weight is 375 g/mol. The summed E-state index contributed by atoms with van der Waals surface area (Å²) in [4.78, 5) is 25.7. The summed E-state index contributed by atoms with van der Waals surface area (Å²) in [5.41, 5.74) is 2.43. The molecule has 0 aliphatic heterocycles. The van der Waals surface area contributed by atoms with Crippen LogP contribution in [0.1, 0.15) is 34.7 Å². The molecule has 0 N–H and O–H groups in total. The molecule has 3 heterocycles. The molecule has 0 saturated carbocycles. The summed E-state index contributed by atoms with van der Waals surface area (Å²) in [6, 6.07) is 5.66. The summed E-state index contributed by atoms with van der Waals surface area (Å²) >= 11 is 1.43. The van der Waals surface area contributed by atoms with Gasteiger partial charge in [-0.25, -0.2) is 9.36 Å². The molecule has 0 spiro atoms. The molecule has 0 amide bonds. The van der Waals surface area contributed by atoms with E-state index in [1.165, 1.54) is 15.9 Å². The van der Waals surface area contributed by atoms with Crippen LogP contribution in [0, 0.1) is 13.8 Å². The largest absolute Gasteiger partial charge is 0.442 e. The molecule has 3 aromatic rings. The minimum Gasteiger partial charge on any atom is -0.383 e. The minimum atomic E-state index is -0.636. The van der Waals surface area contributed by atoms with Crippen LogP contribution < -0.4 is 5.76 Å². The molecule has 1 atom stereocenters. The molecule has 0 aliphatic rings. The van der Waals surface area contributed by atoms with Gasteiger partial charge in [-0.2, -0.15) is 0 Å². The van der Waals surface area contributed by atoms with Crippen LogP contribution in [0.25, 0.3) is 10.7 Å². The van der Waals surface area contributed by atoms with Crippen molar-refractivity contribution in [2.24, 2.45) is 0 Å². The number of Topliss-reactive ketones (excluding diaryl/α,β-unsaturated/α-hetero) is 1. The van der Waals surface area contributed by atoms with E-state index in [9.17, 15) is 9.59 Å². The van der Waals surface area contributed by atoms with E-state index in [0.29, 0.717) is 18.0 Å². The van der Waals surface area contributed by atoms with Crippen molar-refractivity contribution in [1.29, 1.82) is 0 Å². The zero-order valence-corrected chi connectivity index (χ0v) is 16.0. The Bertz CT molecular complexity index is 965. The number of ketones is 1. The molecule has 1 unspecified atom stereocenters. The number of rotatable bonds is 7. The van der Waals surface area contributed by atoms with E-state index in [1.807, 2.05) is 44.4 Å². The summed E-state index contributed by atoms with van der Waals surface area (Å²) in [5, 5.41) is 5.70. The number of methoxy groups -OCH3 is 1. The van der Waals surface area contributed by atoms with Gasteiger partial charge in [0.25, 0.3) is 0 Å². The summed E-state index contributed by atoms with van der Waals surface area (Å²) in [7, 11) is 1.65. The fraction of sp³-hybridized carbons (Fsp3) is 0.389. The standard InChI is InChI=1S/C18H21N3O4S/c1-11-8-14(13(3)21(11)12(2)10-24-4)15(22)9-20-17(19-25-18(20)23)16-6-5-7-26-16/h5-8,12H,9-10H2,1-4H3. The molecule has 0 fully saturated rings. The number of aryl methyl sites for hydroxylation is 1. The Hall–Kier alpha value is -2.45. The number of hydrogen-bond donors (Lipinski definition) is 0. The minimum absolute atomic E-state index is 0.113. The van der Waals surface area contributed by atoms with E-state index in [1.54, 1.807) is 7.11 Å². The first-order valence-corrected chi connectivity index (χ1v) is 9.13. The van der Waals surface area contributed by atoms with Gasteiger partial charge in [0, 0.05) is 24.1 Å². The Morgan fingerprint density at radius 1 is 1.42 bits per heavy atom. The fourth-order valence-electron chi connectivity index (χ4n) is 3.27. The third-order valence-electron chi connectivity index (χ3n) is 4.36. The lowest BCUT2D eigenvalue weighted by Crippen LogP contribution is -2.21. The summed E-state index contributed by atoms with van der Waals surface area (Å²) in [6.45, 7) is 6.34. The Morgan fingerprint density at radius 2 is 2.19 bits per heavy atom. The van der Waals surface area contributed by atoms with Crippen molar-refractivity contribution in [3.63, 3.8) is 0 Å². The van der Waals surface area contributed by atoms with E-state index < -0.39 is 5.76 Å². The molecule has 0 aliphatic carbocycles. The molecule has 0 aromatic carbocycles. The first kappa shape index (κ1) is 18.3. The Labute approximate surface area is 154 Å². The van der Waals surface area contributed by atoms with Crippen molar-refractivity contribution in [2.45, 2.75) is 33.4 Å². The molecule has 0 saturated heterocycles. The zero-order chi connectivity index (χ0) is 18.8. The van der Waals surface area contributed by atoms with Gasteiger partial charge < -0.3 is 9.30 Å². The number of carbonyl (C=O) groups excluding carboxylic acids is 1. The predicted molar refractivity (Wildman–Crippen MR) is 98.9 cm³/mol. The number of hydrogen-bond acceptors (Lipinski definition) is 6. The molecular weight excluding hydrogens is 354 g/mol. The first-order valence-electron chi connectivity index (χ1n) is 8.25. The van der Waals surface area contributed by atoms with Gasteiger partial charge in [0.1, 0.15) is 0 Å². The second-order valence-corrected chi connectivity index (χ2v) is 7.17. The van der Waals surface area contributed by atoms with Gasteiger partial charge in [-0.15, -0.1) is 11.3 Å². The maximum atomic E-state index is 12.9. The van der Waals surface area contributed by atoms with Gasteiger partial charge in [-0.05, 0) is 38.3 Å². The lowest BCUT2D eigenvalue weighted by atomic mass is 10.1. The predicted octanol–water partition coefficient (Wildman–Crippen LogP) is 3.07. The molecule has 138 valence electrons. The van der Waals surface area contributed by atoms with Crippen LogP contribution in [0.4, 0.5) is 0 Å². The van der Waals surface area contributed by atoms with Crippen LogP contribution in [0.3, 0.4) is 0 Å². The molecule has 3 rings (SSSR count). The Kier molecular flexibility index (Phi) is 5.24. The maximum Gasteiger partial charge on any atom is 0.442 e. The SMILES string of the molecule is COCC(C)n1c(C)cc(C(=O)Cn2c(-c3cccs3)noc2=O)c1C. The molecule has 0 radical (unpaired) electrons. The van der Waals surface area contributed by atoms with Crippen LogP contribution in [0.5, 0.6) is 0 Å². The smallest absolute Gasteiger partial charge is 0.383 e. The monoisotopic (exact) mass is 375 g/mol. The zero-order valence-electron chi connectivity index (χ0n) is 15.2. The number of nitrogens with zero attached hydrogens (tertiary/aromatic N) is 3. The second-order valence-electron chi connectivity index (χ2n) is 6.22. The summed E-state index contributed by atoms with van der Waals surface area (Å²) in [6.07, 6.45) is 0. The topological polar surface area (TPSA) is 79.3 Å². The van der Waals surface area contributed by atoms with E-state index in [0.717, 1.165) is 16.3 Å². The number of carbonyl (C=O) groups is 1. The quantitative estimate of drug-likeness (QED) is 0.593. The van der Waals surface area contributed by atoms with Crippen LogP contribution >= 0.6 is 11.3 Å². The summed E-state index contributed by atoms with van der Waals surface area (Å²) in [5.74, 6) is -0.416. The van der Waals surface area contributed by atoms with Gasteiger partial charge in [0.05, 0.1) is 24.1 Å². The van der Waals surface area contributed by atoms with E-state index in [-0.39, 0.29) is 18.4 Å². The molecule has 26 heavy (non-hydrogen) atoms. The first-order chi connectivity index (χ1) is 12.4. The van der Waals surface area contributed by atoms with Gasteiger partial charge in [0.15, 0.2) is 11.6 Å². The van der Waals surface area contributed by atoms with Crippen LogP contribution in [-0.2, 0) is 11.3 Å². The maximum absolute atomic E-state index is 12.9. The molecule has 8 heteroatoms. The van der Waals surface area contributed by atoms with Crippen molar-refractivity contribution in [1.82, 2.24) is 14.3 Å². The number of thiophene rings is 1. The third-order valence-corrected chi connectivity index (χ3v) is 5.23. The van der Waals surface area contributed by atoms with Crippen LogP contribution in [0.15, 0.2) is 32.9 Å². The van der Waals surface area contributed by atoms with Crippen molar-refractivity contribution < 1.29 is 14.1 Å². The van der Waals surface area contributed by atoms with Crippen molar-refractivity contribution >= 4 is 17.1 Å². The highest BCUT2D eigenvalue weighted by molar-refractivity contribution is 7.13. The van der Waals surface area contributed by atoms with E-state index in [4.69, 9.17) is 9.26 Å². The summed E-state index contributed by atoms with van der Waals surface area (Å²) < 4.78 is 13.4. The average Bonchev–Trinajstić information content (AvgIpc) is 3.29. The van der Waals surface area contributed by atoms with Gasteiger partial charge in [-0.1, -0.05) is 11.2 Å². The lowest BCUT2D eigenvalue weighted by Gasteiger charge is -2.17. The third kappa shape index (κ3) is 3.30. The molecular formula is C18H21N3O4S.